The van der Waals surface area contributed by atoms with Crippen LogP contribution in [0, 0.1) is 0 Å². The largest absolute Gasteiger partial charge is 1.00 e. The van der Waals surface area contributed by atoms with Crippen molar-refractivity contribution >= 4 is 11.9 Å². The molecule has 0 saturated carbocycles. The Labute approximate surface area is 125 Å². The normalized spacial score (nSPS) is 9.85. The van der Waals surface area contributed by atoms with Crippen LogP contribution in [0.15, 0.2) is 36.9 Å². The van der Waals surface area contributed by atoms with E-state index in [1.165, 1.54) is 18.2 Å². The van der Waals surface area contributed by atoms with Gasteiger partial charge < -0.3 is 27.2 Å². The van der Waals surface area contributed by atoms with Gasteiger partial charge in [0.25, 0.3) is 0 Å². The first-order chi connectivity index (χ1) is 9.02. The van der Waals surface area contributed by atoms with Crippen LogP contribution in [0.1, 0.15) is 27.6 Å². The van der Waals surface area contributed by atoms with Crippen molar-refractivity contribution in [1.29, 1.82) is 0 Å². The minimum atomic E-state index is -1.09. The fraction of sp³-hybridized carbons (Fsp3) is 0.154. The van der Waals surface area contributed by atoms with Crippen molar-refractivity contribution in [3.63, 3.8) is 0 Å². The number of carboxylic acids is 2. The number of aryl methyl sites for hydroxylation is 1. The van der Waals surface area contributed by atoms with Gasteiger partial charge in [-0.05, 0) is 19.1 Å². The monoisotopic (exact) mass is 340 g/mol. The number of imidazole rings is 1. The molecule has 0 spiro atoms. The lowest BCUT2D eigenvalue weighted by Gasteiger charge is -2.03. The number of rotatable bonds is 4. The molecule has 0 atom stereocenters. The zero-order valence-electron chi connectivity index (χ0n) is 10.7. The summed E-state index contributed by atoms with van der Waals surface area (Å²) in [6.45, 7) is 2.70. The average Bonchev–Trinajstić information content (AvgIpc) is 2.86. The van der Waals surface area contributed by atoms with Crippen LogP contribution in [0.2, 0.25) is 0 Å². The van der Waals surface area contributed by atoms with E-state index in [1.807, 2.05) is 11.5 Å². The van der Waals surface area contributed by atoms with E-state index in [4.69, 9.17) is 10.2 Å². The Morgan fingerprint density at radius 2 is 1.95 bits per heavy atom. The molecule has 1 aromatic carbocycles. The molecule has 6 nitrogen and oxygen atoms in total. The second-order valence-corrected chi connectivity index (χ2v) is 3.99. The predicted molar refractivity (Wildman–Crippen MR) is 65.6 cm³/mol. The molecule has 0 fully saturated rings. The highest BCUT2D eigenvalue weighted by molar-refractivity contribution is 5.95. The van der Waals surface area contributed by atoms with Gasteiger partial charge in [0, 0.05) is 6.07 Å². The van der Waals surface area contributed by atoms with Gasteiger partial charge >= 0.3 is 11.9 Å². The summed E-state index contributed by atoms with van der Waals surface area (Å²) in [6, 6.07) is 3.94. The van der Waals surface area contributed by atoms with Crippen LogP contribution in [0.4, 0.5) is 0 Å². The lowest BCUT2D eigenvalue weighted by molar-refractivity contribution is -0.692. The summed E-state index contributed by atoms with van der Waals surface area (Å²) in [7, 11) is 0. The maximum absolute atomic E-state index is 11.2. The number of aromatic carboxylic acids is 2. The molecule has 2 N–H and O–H groups in total. The lowest BCUT2D eigenvalue weighted by Crippen LogP contribution is -3.00. The van der Waals surface area contributed by atoms with E-state index in [0.29, 0.717) is 5.69 Å². The fourth-order valence-corrected chi connectivity index (χ4v) is 1.78. The zero-order valence-corrected chi connectivity index (χ0v) is 12.2. The van der Waals surface area contributed by atoms with E-state index in [0.717, 1.165) is 6.54 Å². The molecule has 0 bridgehead atoms. The quantitative estimate of drug-likeness (QED) is 0.642. The Morgan fingerprint density at radius 3 is 2.45 bits per heavy atom. The SMILES string of the molecule is CC[n+]1ccn(-c2cc(C(=O)O)ccc2C(=O)O)c1.[Br-]. The smallest absolute Gasteiger partial charge is 0.340 e. The maximum Gasteiger partial charge on any atom is 0.340 e. The van der Waals surface area contributed by atoms with Gasteiger partial charge in [0.2, 0.25) is 6.33 Å². The van der Waals surface area contributed by atoms with Crippen LogP contribution in [-0.2, 0) is 6.54 Å². The van der Waals surface area contributed by atoms with E-state index in [1.54, 1.807) is 23.3 Å². The Bertz CT molecular complexity index is 652. The van der Waals surface area contributed by atoms with Crippen molar-refractivity contribution in [3.8, 4) is 5.69 Å². The average molecular weight is 341 g/mol. The molecule has 1 aromatic heterocycles. The summed E-state index contributed by atoms with van der Waals surface area (Å²) in [4.78, 5) is 22.2. The van der Waals surface area contributed by atoms with Crippen molar-refractivity contribution in [3.05, 3.63) is 48.0 Å². The van der Waals surface area contributed by atoms with Crippen molar-refractivity contribution in [2.45, 2.75) is 13.5 Å². The van der Waals surface area contributed by atoms with Gasteiger partial charge in [-0.2, -0.15) is 0 Å². The van der Waals surface area contributed by atoms with Crippen molar-refractivity contribution in [2.75, 3.05) is 0 Å². The highest BCUT2D eigenvalue weighted by Gasteiger charge is 2.18. The topological polar surface area (TPSA) is 83.4 Å². The van der Waals surface area contributed by atoms with Crippen molar-refractivity contribution < 1.29 is 41.4 Å². The molecule has 7 heteroatoms. The molecule has 2 rings (SSSR count). The summed E-state index contributed by atoms with van der Waals surface area (Å²) in [5, 5.41) is 18.1. The molecule has 0 amide bonds. The molecule has 2 aromatic rings. The van der Waals surface area contributed by atoms with E-state index in [2.05, 4.69) is 0 Å². The molecule has 20 heavy (non-hydrogen) atoms. The highest BCUT2D eigenvalue weighted by atomic mass is 79.9. The summed E-state index contributed by atoms with van der Waals surface area (Å²) in [5.41, 5.74) is 0.445. The molecular formula is C13H13BrN2O4. The molecule has 0 unspecified atom stereocenters. The number of nitrogens with zero attached hydrogens (tertiary/aromatic N) is 2. The number of carbonyl (C=O) groups is 2. The third kappa shape index (κ3) is 3.05. The van der Waals surface area contributed by atoms with Crippen molar-refractivity contribution in [1.82, 2.24) is 4.57 Å². The zero-order chi connectivity index (χ0) is 14.0. The second-order valence-electron chi connectivity index (χ2n) is 3.99. The van der Waals surface area contributed by atoms with Crippen LogP contribution >= 0.6 is 0 Å². The Morgan fingerprint density at radius 1 is 1.25 bits per heavy atom. The number of halogens is 1. The minimum Gasteiger partial charge on any atom is -1.00 e. The Kier molecular flexibility index (Phi) is 5.04. The maximum atomic E-state index is 11.2. The summed E-state index contributed by atoms with van der Waals surface area (Å²) >= 11 is 0. The number of benzene rings is 1. The number of hydrogen-bond donors (Lipinski definition) is 2. The highest BCUT2D eigenvalue weighted by Crippen LogP contribution is 2.17. The van der Waals surface area contributed by atoms with Gasteiger partial charge in [-0.3, -0.25) is 0 Å². The first kappa shape index (κ1) is 15.9. The first-order valence-corrected chi connectivity index (χ1v) is 5.71. The van der Waals surface area contributed by atoms with Crippen molar-refractivity contribution in [2.24, 2.45) is 0 Å². The van der Waals surface area contributed by atoms with Gasteiger partial charge in [-0.1, -0.05) is 0 Å². The molecule has 1 heterocycles. The van der Waals surface area contributed by atoms with E-state index in [9.17, 15) is 9.59 Å². The van der Waals surface area contributed by atoms with Gasteiger partial charge in [-0.25, -0.2) is 18.7 Å². The second kappa shape index (κ2) is 6.33. The van der Waals surface area contributed by atoms with Gasteiger partial charge in [0.1, 0.15) is 23.6 Å². The molecule has 0 saturated heterocycles. The van der Waals surface area contributed by atoms with E-state index >= 15 is 0 Å². The summed E-state index contributed by atoms with van der Waals surface area (Å²) in [5.74, 6) is -2.18. The number of hydrogen-bond acceptors (Lipinski definition) is 2. The Hall–Kier alpha value is -2.15. The lowest BCUT2D eigenvalue weighted by atomic mass is 10.1. The Balaban J connectivity index is 0.00000200. The van der Waals surface area contributed by atoms with Crippen LogP contribution < -0.4 is 21.5 Å². The number of aromatic nitrogens is 2. The van der Waals surface area contributed by atoms with Gasteiger partial charge in [0.15, 0.2) is 0 Å². The first-order valence-electron chi connectivity index (χ1n) is 5.71. The molecule has 0 aliphatic carbocycles. The third-order valence-corrected chi connectivity index (χ3v) is 2.81. The van der Waals surface area contributed by atoms with Crippen LogP contribution in [0.5, 0.6) is 0 Å². The third-order valence-electron chi connectivity index (χ3n) is 2.81. The molecule has 0 radical (unpaired) electrons. The van der Waals surface area contributed by atoms with Crippen LogP contribution in [-0.4, -0.2) is 26.7 Å². The molecule has 106 valence electrons. The predicted octanol–water partition coefficient (Wildman–Crippen LogP) is -1.81. The summed E-state index contributed by atoms with van der Waals surface area (Å²) < 4.78 is 3.46. The van der Waals surface area contributed by atoms with Crippen LogP contribution in [0.25, 0.3) is 5.69 Å². The molecule has 0 aliphatic heterocycles. The van der Waals surface area contributed by atoms with E-state index < -0.39 is 11.9 Å². The molecule has 0 aliphatic rings. The van der Waals surface area contributed by atoms with Crippen LogP contribution in [0.3, 0.4) is 0 Å². The summed E-state index contributed by atoms with van der Waals surface area (Å²) in [6.07, 6.45) is 5.20. The number of carboxylic acid groups (broad SMARTS) is 2. The van der Waals surface area contributed by atoms with E-state index in [-0.39, 0.29) is 28.1 Å². The van der Waals surface area contributed by atoms with Gasteiger partial charge in [0.05, 0.1) is 12.1 Å². The molecular weight excluding hydrogens is 328 g/mol. The standard InChI is InChI=1S/C13H12N2O4.BrH/c1-2-14-5-6-15(8-14)11-7-9(12(16)17)3-4-10(11)13(18)19;/h3-8H,2H2,1H3,(H-,16,17,18,19);1H. The van der Waals surface area contributed by atoms with Gasteiger partial charge in [-0.15, -0.1) is 0 Å². The minimum absolute atomic E-state index is 0. The fourth-order valence-electron chi connectivity index (χ4n) is 1.78.